The molecule has 0 saturated heterocycles. The topological polar surface area (TPSA) is 78.8 Å². The fourth-order valence-corrected chi connectivity index (χ4v) is 2.18. The van der Waals surface area contributed by atoms with Crippen molar-refractivity contribution in [2.24, 2.45) is 0 Å². The molecule has 0 fully saturated rings. The lowest BCUT2D eigenvalue weighted by atomic mass is 10.0. The van der Waals surface area contributed by atoms with Gasteiger partial charge in [-0.15, -0.1) is 0 Å². The monoisotopic (exact) mass is 265 g/mol. The Morgan fingerprint density at radius 2 is 2.26 bits per heavy atom. The van der Waals surface area contributed by atoms with Gasteiger partial charge < -0.3 is 14.9 Å². The number of rotatable bonds is 5. The second-order valence-electron chi connectivity index (χ2n) is 5.15. The molecule has 0 radical (unpaired) electrons. The maximum atomic E-state index is 11.1. The van der Waals surface area contributed by atoms with E-state index in [1.807, 2.05) is 19.1 Å². The molecule has 1 aromatic rings. The van der Waals surface area contributed by atoms with Gasteiger partial charge in [-0.2, -0.15) is 0 Å². The van der Waals surface area contributed by atoms with Crippen LogP contribution in [0, 0.1) is 6.92 Å². The molecule has 0 bridgehead atoms. The smallest absolute Gasteiger partial charge is 0.326 e. The Hall–Kier alpha value is -1.59. The van der Waals surface area contributed by atoms with Crippen molar-refractivity contribution in [1.82, 2.24) is 5.32 Å². The second kappa shape index (κ2) is 5.19. The summed E-state index contributed by atoms with van der Waals surface area (Å²) in [6.07, 6.45) is 0.889. The number of ether oxygens (including phenoxy) is 1. The van der Waals surface area contributed by atoms with Crippen LogP contribution in [0.5, 0.6) is 5.75 Å². The summed E-state index contributed by atoms with van der Waals surface area (Å²) in [4.78, 5) is 11.1. The molecule has 104 valence electrons. The molecule has 2 rings (SSSR count). The van der Waals surface area contributed by atoms with Crippen LogP contribution < -0.4 is 10.1 Å². The quantitative estimate of drug-likeness (QED) is 0.736. The minimum absolute atomic E-state index is 0.400. The van der Waals surface area contributed by atoms with Gasteiger partial charge in [0.15, 0.2) is 0 Å². The van der Waals surface area contributed by atoms with E-state index in [4.69, 9.17) is 9.84 Å². The normalized spacial score (nSPS) is 16.6. The molecule has 0 aromatic heterocycles. The maximum absolute atomic E-state index is 11.1. The van der Waals surface area contributed by atoms with Gasteiger partial charge in [-0.25, -0.2) is 0 Å². The first-order valence-corrected chi connectivity index (χ1v) is 6.31. The fraction of sp³-hybridized carbons (Fsp3) is 0.500. The molecule has 1 aliphatic rings. The SMILES string of the molecule is Cc1cc(CNC(C)(CO)C(=O)O)cc2c1OCC2. The van der Waals surface area contributed by atoms with Crippen LogP contribution >= 0.6 is 0 Å². The van der Waals surface area contributed by atoms with Crippen LogP contribution in [0.25, 0.3) is 0 Å². The number of fused-ring (bicyclic) bond motifs is 1. The molecule has 0 saturated carbocycles. The van der Waals surface area contributed by atoms with E-state index in [9.17, 15) is 9.90 Å². The third-order valence-electron chi connectivity index (χ3n) is 3.50. The predicted octanol–water partition coefficient (Wildman–Crippen LogP) is 0.855. The first-order valence-electron chi connectivity index (χ1n) is 6.31. The summed E-state index contributed by atoms with van der Waals surface area (Å²) in [7, 11) is 0. The number of aryl methyl sites for hydroxylation is 1. The van der Waals surface area contributed by atoms with Crippen molar-refractivity contribution in [2.45, 2.75) is 32.4 Å². The van der Waals surface area contributed by atoms with Crippen molar-refractivity contribution in [3.8, 4) is 5.75 Å². The molecule has 1 aromatic carbocycles. The summed E-state index contributed by atoms with van der Waals surface area (Å²) >= 11 is 0. The third kappa shape index (κ3) is 2.72. The van der Waals surface area contributed by atoms with E-state index >= 15 is 0 Å². The number of hydrogen-bond acceptors (Lipinski definition) is 4. The van der Waals surface area contributed by atoms with E-state index in [1.165, 1.54) is 6.92 Å². The van der Waals surface area contributed by atoms with Crippen molar-refractivity contribution in [2.75, 3.05) is 13.2 Å². The van der Waals surface area contributed by atoms with Gasteiger partial charge >= 0.3 is 5.97 Å². The summed E-state index contributed by atoms with van der Waals surface area (Å²) in [6, 6.07) is 4.01. The zero-order valence-corrected chi connectivity index (χ0v) is 11.2. The molecule has 1 aliphatic heterocycles. The minimum atomic E-state index is -1.32. The lowest BCUT2D eigenvalue weighted by Crippen LogP contribution is -2.52. The van der Waals surface area contributed by atoms with Gasteiger partial charge in [0.2, 0.25) is 0 Å². The Kier molecular flexibility index (Phi) is 3.78. The molecular formula is C14H19NO4. The van der Waals surface area contributed by atoms with Crippen LogP contribution in [0.15, 0.2) is 12.1 Å². The number of carbonyl (C=O) groups is 1. The second-order valence-corrected chi connectivity index (χ2v) is 5.15. The number of nitrogens with one attached hydrogen (secondary N) is 1. The molecule has 0 aliphatic carbocycles. The van der Waals surface area contributed by atoms with Crippen molar-refractivity contribution in [3.63, 3.8) is 0 Å². The number of benzene rings is 1. The van der Waals surface area contributed by atoms with Crippen molar-refractivity contribution in [3.05, 3.63) is 28.8 Å². The average Bonchev–Trinajstić information content (AvgIpc) is 2.84. The van der Waals surface area contributed by atoms with Crippen molar-refractivity contribution in [1.29, 1.82) is 0 Å². The Bertz CT molecular complexity index is 500. The van der Waals surface area contributed by atoms with E-state index in [1.54, 1.807) is 0 Å². The minimum Gasteiger partial charge on any atom is -0.493 e. The molecule has 1 atom stereocenters. The van der Waals surface area contributed by atoms with Gasteiger partial charge in [0, 0.05) is 13.0 Å². The highest BCUT2D eigenvalue weighted by molar-refractivity contribution is 5.78. The van der Waals surface area contributed by atoms with Gasteiger partial charge in [-0.1, -0.05) is 12.1 Å². The van der Waals surface area contributed by atoms with Crippen molar-refractivity contribution >= 4 is 5.97 Å². The first kappa shape index (κ1) is 13.8. The van der Waals surface area contributed by atoms with Gasteiger partial charge in [0.25, 0.3) is 0 Å². The Morgan fingerprint density at radius 1 is 1.53 bits per heavy atom. The molecule has 5 nitrogen and oxygen atoms in total. The molecule has 19 heavy (non-hydrogen) atoms. The zero-order valence-electron chi connectivity index (χ0n) is 11.2. The molecule has 0 amide bonds. The molecular weight excluding hydrogens is 246 g/mol. The van der Waals surface area contributed by atoms with E-state index in [2.05, 4.69) is 5.32 Å². The summed E-state index contributed by atoms with van der Waals surface area (Å²) in [5, 5.41) is 21.1. The molecule has 1 unspecified atom stereocenters. The fourth-order valence-electron chi connectivity index (χ4n) is 2.18. The van der Waals surface area contributed by atoms with Crippen molar-refractivity contribution < 1.29 is 19.7 Å². The molecule has 0 spiro atoms. The van der Waals surface area contributed by atoms with Gasteiger partial charge in [0.05, 0.1) is 13.2 Å². The predicted molar refractivity (Wildman–Crippen MR) is 70.3 cm³/mol. The largest absolute Gasteiger partial charge is 0.493 e. The number of aliphatic hydroxyl groups is 1. The Balaban J connectivity index is 2.12. The summed E-state index contributed by atoms with van der Waals surface area (Å²) in [5.74, 6) is -0.108. The van der Waals surface area contributed by atoms with E-state index in [0.717, 1.165) is 28.9 Å². The lowest BCUT2D eigenvalue weighted by molar-refractivity contribution is -0.145. The van der Waals surface area contributed by atoms with Gasteiger partial charge in [-0.3, -0.25) is 10.1 Å². The Morgan fingerprint density at radius 3 is 2.89 bits per heavy atom. The van der Waals surface area contributed by atoms with Crippen LogP contribution in [-0.2, 0) is 17.8 Å². The standard InChI is InChI=1S/C14H19NO4/c1-9-5-10(6-11-3-4-19-12(9)11)7-15-14(2,8-16)13(17)18/h5-6,15-16H,3-4,7-8H2,1-2H3,(H,17,18). The molecule has 5 heteroatoms. The molecule has 3 N–H and O–H groups in total. The average molecular weight is 265 g/mol. The van der Waals surface area contributed by atoms with Crippen LogP contribution in [0.4, 0.5) is 0 Å². The van der Waals surface area contributed by atoms with Gasteiger partial charge in [0.1, 0.15) is 11.3 Å². The van der Waals surface area contributed by atoms with Crippen LogP contribution in [0.2, 0.25) is 0 Å². The highest BCUT2D eigenvalue weighted by atomic mass is 16.5. The van der Waals surface area contributed by atoms with Crippen LogP contribution in [-0.4, -0.2) is 34.9 Å². The van der Waals surface area contributed by atoms with Crippen LogP contribution in [0.1, 0.15) is 23.6 Å². The molecule has 1 heterocycles. The highest BCUT2D eigenvalue weighted by Crippen LogP contribution is 2.30. The summed E-state index contributed by atoms with van der Waals surface area (Å²) in [5.41, 5.74) is 1.91. The third-order valence-corrected chi connectivity index (χ3v) is 3.50. The number of hydrogen-bond donors (Lipinski definition) is 3. The summed E-state index contributed by atoms with van der Waals surface area (Å²) < 4.78 is 5.53. The number of aliphatic hydroxyl groups excluding tert-OH is 1. The van der Waals surface area contributed by atoms with Crippen LogP contribution in [0.3, 0.4) is 0 Å². The van der Waals surface area contributed by atoms with E-state index < -0.39 is 18.1 Å². The lowest BCUT2D eigenvalue weighted by Gasteiger charge is -2.24. The number of carboxylic acids is 1. The maximum Gasteiger partial charge on any atom is 0.326 e. The zero-order chi connectivity index (χ0) is 14.0. The highest BCUT2D eigenvalue weighted by Gasteiger charge is 2.31. The summed E-state index contributed by atoms with van der Waals surface area (Å²) in [6.45, 7) is 4.11. The number of carboxylic acid groups (broad SMARTS) is 1. The van der Waals surface area contributed by atoms with E-state index in [0.29, 0.717) is 13.2 Å². The van der Waals surface area contributed by atoms with E-state index in [-0.39, 0.29) is 0 Å². The van der Waals surface area contributed by atoms with Gasteiger partial charge in [-0.05, 0) is 30.5 Å². The Labute approximate surface area is 112 Å². The number of aliphatic carboxylic acids is 1. The first-order chi connectivity index (χ1) is 8.96.